The van der Waals surface area contributed by atoms with Gasteiger partial charge >= 0.3 is 0 Å². The van der Waals surface area contributed by atoms with Crippen LogP contribution in [0.1, 0.15) is 39.0 Å². The van der Waals surface area contributed by atoms with Gasteiger partial charge < -0.3 is 10.1 Å². The Balaban J connectivity index is 2.02. The summed E-state index contributed by atoms with van der Waals surface area (Å²) in [5.41, 5.74) is -0.320. The Morgan fingerprint density at radius 2 is 2.22 bits per heavy atom. The van der Waals surface area contributed by atoms with Gasteiger partial charge in [-0.05, 0) is 53.1 Å². The van der Waals surface area contributed by atoms with Gasteiger partial charge in [0.05, 0.1) is 12.2 Å². The molecule has 102 valence electrons. The van der Waals surface area contributed by atoms with Crippen LogP contribution in [0.2, 0.25) is 0 Å². The summed E-state index contributed by atoms with van der Waals surface area (Å²) in [7, 11) is 4.11. The van der Waals surface area contributed by atoms with Gasteiger partial charge in [0.25, 0.3) is 0 Å². The zero-order valence-electron chi connectivity index (χ0n) is 11.8. The molecule has 0 aromatic rings. The van der Waals surface area contributed by atoms with Gasteiger partial charge in [0.1, 0.15) is 5.54 Å². The van der Waals surface area contributed by atoms with Gasteiger partial charge in [-0.25, -0.2) is 0 Å². The van der Waals surface area contributed by atoms with Crippen molar-refractivity contribution in [1.82, 2.24) is 10.2 Å². The minimum Gasteiger partial charge on any atom is -0.377 e. The maximum atomic E-state index is 9.40. The lowest BCUT2D eigenvalue weighted by Gasteiger charge is -2.42. The van der Waals surface area contributed by atoms with E-state index in [2.05, 4.69) is 30.3 Å². The molecule has 4 heteroatoms. The molecule has 0 spiro atoms. The van der Waals surface area contributed by atoms with Crippen LogP contribution in [0.5, 0.6) is 0 Å². The van der Waals surface area contributed by atoms with Gasteiger partial charge in [-0.3, -0.25) is 4.90 Å². The van der Waals surface area contributed by atoms with Gasteiger partial charge in [-0.15, -0.1) is 0 Å². The molecule has 4 atom stereocenters. The molecule has 0 aromatic heterocycles. The Kier molecular flexibility index (Phi) is 4.26. The quantitative estimate of drug-likeness (QED) is 0.826. The molecular formula is C14H25N3O. The molecule has 4 unspecified atom stereocenters. The number of likely N-dealkylation sites (N-methyl/N-ethyl adjacent to an activating group) is 1. The van der Waals surface area contributed by atoms with Crippen molar-refractivity contribution in [3.8, 4) is 6.07 Å². The lowest BCUT2D eigenvalue weighted by Crippen LogP contribution is -2.53. The van der Waals surface area contributed by atoms with E-state index < -0.39 is 0 Å². The van der Waals surface area contributed by atoms with Crippen molar-refractivity contribution in [1.29, 1.82) is 5.26 Å². The molecule has 0 radical (unpaired) electrons. The van der Waals surface area contributed by atoms with E-state index in [0.717, 1.165) is 32.3 Å². The third kappa shape index (κ3) is 2.54. The van der Waals surface area contributed by atoms with Crippen LogP contribution < -0.4 is 5.32 Å². The number of rotatable bonds is 3. The van der Waals surface area contributed by atoms with Crippen molar-refractivity contribution in [3.63, 3.8) is 0 Å². The lowest BCUT2D eigenvalue weighted by atomic mass is 9.79. The van der Waals surface area contributed by atoms with Crippen molar-refractivity contribution in [2.75, 3.05) is 20.7 Å². The van der Waals surface area contributed by atoms with E-state index in [-0.39, 0.29) is 5.54 Å². The summed E-state index contributed by atoms with van der Waals surface area (Å²) in [6.07, 6.45) is 5.67. The van der Waals surface area contributed by atoms with Gasteiger partial charge in [-0.2, -0.15) is 5.26 Å². The average molecular weight is 251 g/mol. The predicted octanol–water partition coefficient (Wildman–Crippen LogP) is 1.52. The number of nitrogens with zero attached hydrogens (tertiary/aromatic N) is 2. The van der Waals surface area contributed by atoms with Gasteiger partial charge in [-0.1, -0.05) is 0 Å². The van der Waals surface area contributed by atoms with E-state index in [4.69, 9.17) is 4.74 Å². The van der Waals surface area contributed by atoms with E-state index in [9.17, 15) is 5.26 Å². The molecule has 2 aliphatic rings. The molecule has 1 aliphatic carbocycles. The molecule has 0 aromatic carbocycles. The Morgan fingerprint density at radius 1 is 1.44 bits per heavy atom. The lowest BCUT2D eigenvalue weighted by molar-refractivity contribution is 0.0496. The molecule has 1 saturated heterocycles. The number of ether oxygens (including phenoxy) is 1. The topological polar surface area (TPSA) is 48.3 Å². The van der Waals surface area contributed by atoms with Crippen LogP contribution in [-0.2, 0) is 4.74 Å². The van der Waals surface area contributed by atoms with Crippen molar-refractivity contribution in [2.24, 2.45) is 0 Å². The maximum absolute atomic E-state index is 9.40. The third-order valence-corrected chi connectivity index (χ3v) is 4.85. The summed E-state index contributed by atoms with van der Waals surface area (Å²) in [4.78, 5) is 2.46. The first-order chi connectivity index (χ1) is 8.62. The van der Waals surface area contributed by atoms with Gasteiger partial charge in [0, 0.05) is 18.7 Å². The second kappa shape index (κ2) is 5.56. The summed E-state index contributed by atoms with van der Waals surface area (Å²) in [6, 6.07) is 3.50. The molecular weight excluding hydrogens is 226 g/mol. The summed E-state index contributed by atoms with van der Waals surface area (Å²) in [5.74, 6) is 0. The van der Waals surface area contributed by atoms with E-state index in [1.165, 1.54) is 6.42 Å². The number of nitrogens with one attached hydrogen (secondary N) is 1. The average Bonchev–Trinajstić information content (AvgIpc) is 2.84. The SMILES string of the molecule is CNC1(C#N)CCCC(N(C)C2CCOC2C)C1. The zero-order chi connectivity index (χ0) is 13.2. The third-order valence-electron chi connectivity index (χ3n) is 4.85. The van der Waals surface area contributed by atoms with Crippen molar-refractivity contribution >= 4 is 0 Å². The molecule has 1 N–H and O–H groups in total. The van der Waals surface area contributed by atoms with E-state index in [1.807, 2.05) is 7.05 Å². The monoisotopic (exact) mass is 251 g/mol. The van der Waals surface area contributed by atoms with Crippen molar-refractivity contribution in [2.45, 2.75) is 62.8 Å². The Hall–Kier alpha value is -0.630. The number of nitriles is 1. The number of hydrogen-bond acceptors (Lipinski definition) is 4. The minimum absolute atomic E-state index is 0.320. The molecule has 4 nitrogen and oxygen atoms in total. The molecule has 1 saturated carbocycles. The van der Waals surface area contributed by atoms with Gasteiger partial charge in [0.2, 0.25) is 0 Å². The first-order valence-corrected chi connectivity index (χ1v) is 7.05. The highest BCUT2D eigenvalue weighted by Gasteiger charge is 2.40. The first-order valence-electron chi connectivity index (χ1n) is 7.05. The second-order valence-electron chi connectivity index (χ2n) is 5.79. The maximum Gasteiger partial charge on any atom is 0.108 e. The van der Waals surface area contributed by atoms with Gasteiger partial charge in [0.15, 0.2) is 0 Å². The minimum atomic E-state index is -0.320. The normalized spacial score (nSPS) is 40.9. The molecule has 18 heavy (non-hydrogen) atoms. The van der Waals surface area contributed by atoms with Crippen molar-refractivity contribution < 1.29 is 4.74 Å². The van der Waals surface area contributed by atoms with Crippen LogP contribution in [0.4, 0.5) is 0 Å². The number of hydrogen-bond donors (Lipinski definition) is 1. The van der Waals surface area contributed by atoms with Crippen LogP contribution in [0, 0.1) is 11.3 Å². The first kappa shape index (κ1) is 13.8. The van der Waals surface area contributed by atoms with Crippen LogP contribution in [0.25, 0.3) is 0 Å². The predicted molar refractivity (Wildman–Crippen MR) is 71.2 cm³/mol. The highest BCUT2D eigenvalue weighted by Crippen LogP contribution is 2.33. The molecule has 2 rings (SSSR count). The van der Waals surface area contributed by atoms with Crippen molar-refractivity contribution in [3.05, 3.63) is 0 Å². The Labute approximate surface area is 110 Å². The molecule has 0 bridgehead atoms. The molecule has 0 amide bonds. The molecule has 2 fully saturated rings. The molecule has 1 aliphatic heterocycles. The Bertz CT molecular complexity index is 327. The summed E-state index contributed by atoms with van der Waals surface area (Å²) < 4.78 is 5.66. The molecule has 1 heterocycles. The standard InChI is InChI=1S/C14H25N3O/c1-11-13(6-8-18-11)17(3)12-5-4-7-14(9-12,10-15)16-2/h11-13,16H,4-9H2,1-3H3. The summed E-state index contributed by atoms with van der Waals surface area (Å²) in [6.45, 7) is 3.03. The van der Waals surface area contributed by atoms with E-state index in [1.54, 1.807) is 0 Å². The van der Waals surface area contributed by atoms with Crippen LogP contribution in [0.15, 0.2) is 0 Å². The van der Waals surface area contributed by atoms with Crippen LogP contribution in [0.3, 0.4) is 0 Å². The van der Waals surface area contributed by atoms with E-state index in [0.29, 0.717) is 18.2 Å². The fraction of sp³-hybridized carbons (Fsp3) is 0.929. The van der Waals surface area contributed by atoms with Crippen LogP contribution in [-0.4, -0.2) is 49.3 Å². The fourth-order valence-electron chi connectivity index (χ4n) is 3.50. The Morgan fingerprint density at radius 3 is 2.78 bits per heavy atom. The second-order valence-corrected chi connectivity index (χ2v) is 5.79. The highest BCUT2D eigenvalue weighted by molar-refractivity contribution is 5.10. The summed E-state index contributed by atoms with van der Waals surface area (Å²) >= 11 is 0. The highest BCUT2D eigenvalue weighted by atomic mass is 16.5. The van der Waals surface area contributed by atoms with E-state index >= 15 is 0 Å². The largest absolute Gasteiger partial charge is 0.377 e. The zero-order valence-corrected chi connectivity index (χ0v) is 11.8. The van der Waals surface area contributed by atoms with Crippen LogP contribution >= 0.6 is 0 Å². The summed E-state index contributed by atoms with van der Waals surface area (Å²) in [5, 5.41) is 12.6. The smallest absolute Gasteiger partial charge is 0.108 e. The fourth-order valence-corrected chi connectivity index (χ4v) is 3.50.